The van der Waals surface area contributed by atoms with E-state index in [2.05, 4.69) is 31.4 Å². The predicted octanol–water partition coefficient (Wildman–Crippen LogP) is 4.13. The van der Waals surface area contributed by atoms with Crippen molar-refractivity contribution < 1.29 is 14.1 Å². The first-order chi connectivity index (χ1) is 11.1. The molecule has 0 unspecified atom stereocenters. The maximum absolute atomic E-state index is 12.5. The SMILES string of the molecule is COc1ccc(Br)c(C(=O)Nc2sccc2-c2nc(C)no2)c1. The van der Waals surface area contributed by atoms with Gasteiger partial charge in [-0.1, -0.05) is 5.16 Å². The molecule has 0 aliphatic carbocycles. The average Bonchev–Trinajstić information content (AvgIpc) is 3.16. The Labute approximate surface area is 144 Å². The number of carbonyl (C=O) groups is 1. The highest BCUT2D eigenvalue weighted by molar-refractivity contribution is 9.10. The molecule has 0 saturated heterocycles. The van der Waals surface area contributed by atoms with Gasteiger partial charge in [0, 0.05) is 4.47 Å². The van der Waals surface area contributed by atoms with Crippen molar-refractivity contribution in [3.8, 4) is 17.2 Å². The number of halogens is 1. The van der Waals surface area contributed by atoms with Crippen molar-refractivity contribution in [2.75, 3.05) is 12.4 Å². The second kappa shape index (κ2) is 6.51. The topological polar surface area (TPSA) is 77.2 Å². The van der Waals surface area contributed by atoms with E-state index in [0.717, 1.165) is 0 Å². The number of ether oxygens (including phenoxy) is 1. The van der Waals surface area contributed by atoms with E-state index in [0.29, 0.717) is 38.1 Å². The van der Waals surface area contributed by atoms with E-state index in [4.69, 9.17) is 9.26 Å². The standard InChI is InChI=1S/C15H12BrN3O3S/c1-8-17-14(22-19-8)10-5-6-23-15(10)18-13(20)11-7-9(21-2)3-4-12(11)16/h3-7H,1-2H3,(H,18,20). The average molecular weight is 394 g/mol. The molecule has 118 valence electrons. The summed E-state index contributed by atoms with van der Waals surface area (Å²) in [6.45, 7) is 1.74. The van der Waals surface area contributed by atoms with Crippen molar-refractivity contribution in [2.24, 2.45) is 0 Å². The van der Waals surface area contributed by atoms with Crippen LogP contribution in [0.15, 0.2) is 38.6 Å². The molecule has 0 spiro atoms. The van der Waals surface area contributed by atoms with Gasteiger partial charge in [-0.25, -0.2) is 0 Å². The van der Waals surface area contributed by atoms with Gasteiger partial charge in [0.15, 0.2) is 5.82 Å². The van der Waals surface area contributed by atoms with Gasteiger partial charge in [-0.15, -0.1) is 11.3 Å². The summed E-state index contributed by atoms with van der Waals surface area (Å²) in [7, 11) is 1.56. The molecule has 0 bridgehead atoms. The Bertz CT molecular complexity index is 859. The van der Waals surface area contributed by atoms with E-state index < -0.39 is 0 Å². The van der Waals surface area contributed by atoms with Crippen molar-refractivity contribution in [1.29, 1.82) is 0 Å². The van der Waals surface area contributed by atoms with Gasteiger partial charge in [-0.3, -0.25) is 4.79 Å². The fourth-order valence-electron chi connectivity index (χ4n) is 1.96. The Balaban J connectivity index is 1.88. The number of thiophene rings is 1. The Hall–Kier alpha value is -2.19. The highest BCUT2D eigenvalue weighted by Gasteiger charge is 2.17. The van der Waals surface area contributed by atoms with Crippen LogP contribution in [0.2, 0.25) is 0 Å². The van der Waals surface area contributed by atoms with Gasteiger partial charge in [0.25, 0.3) is 11.8 Å². The number of carbonyl (C=O) groups excluding carboxylic acids is 1. The third kappa shape index (κ3) is 3.27. The minimum Gasteiger partial charge on any atom is -0.497 e. The van der Waals surface area contributed by atoms with Crippen LogP contribution in [0.1, 0.15) is 16.2 Å². The molecule has 6 nitrogen and oxygen atoms in total. The summed E-state index contributed by atoms with van der Waals surface area (Å²) in [5.41, 5.74) is 1.17. The third-order valence-corrected chi connectivity index (χ3v) is 4.59. The van der Waals surface area contributed by atoms with Crippen molar-refractivity contribution in [1.82, 2.24) is 10.1 Å². The van der Waals surface area contributed by atoms with Crippen molar-refractivity contribution >= 4 is 38.2 Å². The minimum absolute atomic E-state index is 0.254. The monoisotopic (exact) mass is 393 g/mol. The lowest BCUT2D eigenvalue weighted by Gasteiger charge is -2.08. The number of nitrogens with one attached hydrogen (secondary N) is 1. The number of methoxy groups -OCH3 is 1. The van der Waals surface area contributed by atoms with Gasteiger partial charge >= 0.3 is 0 Å². The molecule has 0 atom stereocenters. The molecule has 8 heteroatoms. The van der Waals surface area contributed by atoms with Crippen molar-refractivity contribution in [3.63, 3.8) is 0 Å². The molecule has 0 radical (unpaired) electrons. The normalized spacial score (nSPS) is 10.6. The lowest BCUT2D eigenvalue weighted by Crippen LogP contribution is -2.12. The van der Waals surface area contributed by atoms with Crippen LogP contribution in [-0.4, -0.2) is 23.2 Å². The van der Waals surface area contributed by atoms with Crippen molar-refractivity contribution in [3.05, 3.63) is 45.5 Å². The molecule has 1 N–H and O–H groups in total. The van der Waals surface area contributed by atoms with E-state index in [1.165, 1.54) is 11.3 Å². The van der Waals surface area contributed by atoms with Gasteiger partial charge in [-0.05, 0) is 52.5 Å². The summed E-state index contributed by atoms with van der Waals surface area (Å²) in [6, 6.07) is 7.04. The second-order valence-corrected chi connectivity index (χ2v) is 6.38. The molecular formula is C15H12BrN3O3S. The van der Waals surface area contributed by atoms with Gasteiger partial charge in [-0.2, -0.15) is 4.98 Å². The van der Waals surface area contributed by atoms with E-state index in [9.17, 15) is 4.79 Å². The van der Waals surface area contributed by atoms with Gasteiger partial charge in [0.05, 0.1) is 18.2 Å². The summed E-state index contributed by atoms with van der Waals surface area (Å²) < 4.78 is 11.0. The fraction of sp³-hybridized carbons (Fsp3) is 0.133. The number of aromatic nitrogens is 2. The van der Waals surface area contributed by atoms with Crippen LogP contribution in [0.4, 0.5) is 5.00 Å². The molecule has 1 aromatic carbocycles. The van der Waals surface area contributed by atoms with E-state index in [1.54, 1.807) is 32.2 Å². The smallest absolute Gasteiger partial charge is 0.260 e. The van der Waals surface area contributed by atoms with Crippen LogP contribution in [0, 0.1) is 6.92 Å². The van der Waals surface area contributed by atoms with E-state index in [1.807, 2.05) is 11.4 Å². The first-order valence-corrected chi connectivity index (χ1v) is 8.29. The molecule has 0 saturated carbocycles. The lowest BCUT2D eigenvalue weighted by atomic mass is 10.2. The second-order valence-electron chi connectivity index (χ2n) is 4.61. The number of amides is 1. The summed E-state index contributed by atoms with van der Waals surface area (Å²) in [5.74, 6) is 1.27. The zero-order valence-electron chi connectivity index (χ0n) is 12.3. The summed E-state index contributed by atoms with van der Waals surface area (Å²) >= 11 is 4.76. The van der Waals surface area contributed by atoms with E-state index in [-0.39, 0.29) is 5.91 Å². The largest absolute Gasteiger partial charge is 0.497 e. The van der Waals surface area contributed by atoms with Gasteiger partial charge in [0.1, 0.15) is 10.8 Å². The molecule has 23 heavy (non-hydrogen) atoms. The predicted molar refractivity (Wildman–Crippen MR) is 91.0 cm³/mol. The molecule has 2 heterocycles. The van der Waals surface area contributed by atoms with Crippen molar-refractivity contribution in [2.45, 2.75) is 6.92 Å². The lowest BCUT2D eigenvalue weighted by molar-refractivity contribution is 0.102. The molecular weight excluding hydrogens is 382 g/mol. The minimum atomic E-state index is -0.254. The van der Waals surface area contributed by atoms with Crippen LogP contribution in [-0.2, 0) is 0 Å². The number of rotatable bonds is 4. The number of hydrogen-bond acceptors (Lipinski definition) is 6. The number of benzene rings is 1. The zero-order valence-corrected chi connectivity index (χ0v) is 14.7. The molecule has 0 aliphatic rings. The number of nitrogens with zero attached hydrogens (tertiary/aromatic N) is 2. The zero-order chi connectivity index (χ0) is 16.4. The maximum Gasteiger partial charge on any atom is 0.260 e. The summed E-state index contributed by atoms with van der Waals surface area (Å²) in [6.07, 6.45) is 0. The van der Waals surface area contributed by atoms with Crippen LogP contribution < -0.4 is 10.1 Å². The Morgan fingerprint density at radius 1 is 1.39 bits per heavy atom. The molecule has 0 fully saturated rings. The molecule has 0 aliphatic heterocycles. The van der Waals surface area contributed by atoms with Crippen LogP contribution >= 0.6 is 27.3 Å². The molecule has 3 rings (SSSR count). The Morgan fingerprint density at radius 2 is 2.22 bits per heavy atom. The number of anilines is 1. The number of hydrogen-bond donors (Lipinski definition) is 1. The third-order valence-electron chi connectivity index (χ3n) is 3.07. The van der Waals surface area contributed by atoms with Gasteiger partial charge < -0.3 is 14.6 Å². The summed E-state index contributed by atoms with van der Waals surface area (Å²) in [5, 5.41) is 9.14. The molecule has 1 amide bonds. The highest BCUT2D eigenvalue weighted by atomic mass is 79.9. The Morgan fingerprint density at radius 3 is 2.91 bits per heavy atom. The fourth-order valence-corrected chi connectivity index (χ4v) is 3.16. The Kier molecular flexibility index (Phi) is 4.44. The summed E-state index contributed by atoms with van der Waals surface area (Å²) in [4.78, 5) is 16.7. The number of aryl methyl sites for hydroxylation is 1. The highest BCUT2D eigenvalue weighted by Crippen LogP contribution is 2.33. The first-order valence-electron chi connectivity index (χ1n) is 6.61. The van der Waals surface area contributed by atoms with Crippen LogP contribution in [0.25, 0.3) is 11.5 Å². The van der Waals surface area contributed by atoms with E-state index >= 15 is 0 Å². The quantitative estimate of drug-likeness (QED) is 0.720. The van der Waals surface area contributed by atoms with Crippen LogP contribution in [0.5, 0.6) is 5.75 Å². The molecule has 2 aromatic heterocycles. The van der Waals surface area contributed by atoms with Crippen LogP contribution in [0.3, 0.4) is 0 Å². The van der Waals surface area contributed by atoms with Gasteiger partial charge in [0.2, 0.25) is 0 Å². The first kappa shape index (κ1) is 15.7. The molecule has 3 aromatic rings. The maximum atomic E-state index is 12.5.